The van der Waals surface area contributed by atoms with Gasteiger partial charge in [0.1, 0.15) is 18.1 Å². The third-order valence-electron chi connectivity index (χ3n) is 3.26. The van der Waals surface area contributed by atoms with Crippen molar-refractivity contribution in [1.29, 1.82) is 0 Å². The smallest absolute Gasteiger partial charge is 0.140 e. The Balaban J connectivity index is 2.01. The van der Waals surface area contributed by atoms with Crippen molar-refractivity contribution in [3.63, 3.8) is 0 Å². The molecule has 2 aromatic rings. The Morgan fingerprint density at radius 3 is 2.67 bits per heavy atom. The quantitative estimate of drug-likeness (QED) is 0.848. The summed E-state index contributed by atoms with van der Waals surface area (Å²) >= 11 is 3.56. The van der Waals surface area contributed by atoms with Crippen molar-refractivity contribution < 1.29 is 9.26 Å². The maximum absolute atomic E-state index is 5.86. The summed E-state index contributed by atoms with van der Waals surface area (Å²) in [5.74, 6) is 1.63. The van der Waals surface area contributed by atoms with E-state index in [2.05, 4.69) is 52.4 Å². The summed E-state index contributed by atoms with van der Waals surface area (Å²) in [5.41, 5.74) is 3.11. The first-order chi connectivity index (χ1) is 9.97. The van der Waals surface area contributed by atoms with Crippen LogP contribution in [0.5, 0.6) is 5.75 Å². The minimum Gasteiger partial charge on any atom is -0.488 e. The van der Waals surface area contributed by atoms with Crippen LogP contribution in [-0.4, -0.2) is 11.2 Å². The van der Waals surface area contributed by atoms with Crippen LogP contribution in [-0.2, 0) is 13.2 Å². The highest BCUT2D eigenvalue weighted by molar-refractivity contribution is 9.10. The fourth-order valence-corrected chi connectivity index (χ4v) is 2.49. The van der Waals surface area contributed by atoms with Gasteiger partial charge in [-0.1, -0.05) is 25.1 Å². The third kappa shape index (κ3) is 4.32. The van der Waals surface area contributed by atoms with E-state index in [9.17, 15) is 0 Å². The molecule has 0 saturated carbocycles. The summed E-state index contributed by atoms with van der Waals surface area (Å²) < 4.78 is 11.9. The minimum atomic E-state index is 0.462. The number of aromatic nitrogens is 1. The van der Waals surface area contributed by atoms with Crippen molar-refractivity contribution in [2.24, 2.45) is 0 Å². The monoisotopic (exact) mass is 352 g/mol. The zero-order valence-corrected chi connectivity index (χ0v) is 14.5. The maximum Gasteiger partial charge on any atom is 0.140 e. The molecule has 1 heterocycles. The number of benzene rings is 1. The number of ether oxygens (including phenoxy) is 1. The van der Waals surface area contributed by atoms with E-state index in [1.807, 2.05) is 19.9 Å². The summed E-state index contributed by atoms with van der Waals surface area (Å²) in [7, 11) is 0. The molecule has 0 aliphatic carbocycles. The van der Waals surface area contributed by atoms with Crippen molar-refractivity contribution in [3.05, 3.63) is 45.3 Å². The van der Waals surface area contributed by atoms with Crippen LogP contribution >= 0.6 is 15.9 Å². The summed E-state index contributed by atoms with van der Waals surface area (Å²) in [6, 6.07) is 6.61. The molecule has 1 aromatic heterocycles. The normalized spacial score (nSPS) is 11.1. The molecule has 1 N–H and O–H groups in total. The lowest BCUT2D eigenvalue weighted by molar-refractivity contribution is 0.299. The van der Waals surface area contributed by atoms with E-state index < -0.39 is 0 Å². The number of nitrogens with zero attached hydrogens (tertiary/aromatic N) is 1. The van der Waals surface area contributed by atoms with Gasteiger partial charge in [0.05, 0.1) is 15.7 Å². The minimum absolute atomic E-state index is 0.462. The Morgan fingerprint density at radius 1 is 1.33 bits per heavy atom. The Morgan fingerprint density at radius 2 is 2.10 bits per heavy atom. The predicted octanol–water partition coefficient (Wildman–Crippen LogP) is 4.13. The second kappa shape index (κ2) is 7.09. The van der Waals surface area contributed by atoms with Crippen LogP contribution in [0.4, 0.5) is 0 Å². The SMILES string of the molecule is Cc1noc(C)c1COc1ccc(CNC(C)C)cc1Br. The van der Waals surface area contributed by atoms with Crippen LogP contribution in [0, 0.1) is 13.8 Å². The second-order valence-electron chi connectivity index (χ2n) is 5.39. The average molecular weight is 353 g/mol. The van der Waals surface area contributed by atoms with Gasteiger partial charge in [0.25, 0.3) is 0 Å². The van der Waals surface area contributed by atoms with E-state index in [-0.39, 0.29) is 0 Å². The molecule has 2 rings (SSSR count). The number of aryl methyl sites for hydroxylation is 2. The van der Waals surface area contributed by atoms with Crippen LogP contribution in [0.3, 0.4) is 0 Å². The fraction of sp³-hybridized carbons (Fsp3) is 0.438. The lowest BCUT2D eigenvalue weighted by Crippen LogP contribution is -2.21. The Hall–Kier alpha value is -1.33. The van der Waals surface area contributed by atoms with Crippen LogP contribution in [0.15, 0.2) is 27.2 Å². The molecule has 114 valence electrons. The summed E-state index contributed by atoms with van der Waals surface area (Å²) in [6.07, 6.45) is 0. The molecule has 1 aromatic carbocycles. The summed E-state index contributed by atoms with van der Waals surface area (Å²) in [5, 5.41) is 7.33. The highest BCUT2D eigenvalue weighted by Crippen LogP contribution is 2.27. The molecule has 0 bridgehead atoms. The van der Waals surface area contributed by atoms with Gasteiger partial charge in [-0.25, -0.2) is 0 Å². The van der Waals surface area contributed by atoms with Gasteiger partial charge in [-0.05, 0) is 47.5 Å². The van der Waals surface area contributed by atoms with Crippen LogP contribution in [0.2, 0.25) is 0 Å². The molecular weight excluding hydrogens is 332 g/mol. The first kappa shape index (κ1) is 16.0. The van der Waals surface area contributed by atoms with E-state index in [1.165, 1.54) is 5.56 Å². The summed E-state index contributed by atoms with van der Waals surface area (Å²) in [4.78, 5) is 0. The molecule has 0 aliphatic heterocycles. The molecule has 0 saturated heterocycles. The van der Waals surface area contributed by atoms with Crippen molar-refractivity contribution in [1.82, 2.24) is 10.5 Å². The number of halogens is 1. The molecule has 0 fully saturated rings. The van der Waals surface area contributed by atoms with Gasteiger partial charge < -0.3 is 14.6 Å². The van der Waals surface area contributed by atoms with E-state index in [4.69, 9.17) is 9.26 Å². The Kier molecular flexibility index (Phi) is 5.42. The molecule has 0 unspecified atom stereocenters. The highest BCUT2D eigenvalue weighted by Gasteiger charge is 2.11. The largest absolute Gasteiger partial charge is 0.488 e. The molecule has 5 heteroatoms. The molecular formula is C16H21BrN2O2. The molecule has 0 radical (unpaired) electrons. The first-order valence-electron chi connectivity index (χ1n) is 7.03. The zero-order valence-electron chi connectivity index (χ0n) is 12.9. The average Bonchev–Trinajstić information content (AvgIpc) is 2.75. The maximum atomic E-state index is 5.86. The van der Waals surface area contributed by atoms with E-state index >= 15 is 0 Å². The van der Waals surface area contributed by atoms with Crippen molar-refractivity contribution in [2.75, 3.05) is 0 Å². The number of hydrogen-bond acceptors (Lipinski definition) is 4. The van der Waals surface area contributed by atoms with Gasteiger partial charge in [-0.15, -0.1) is 0 Å². The van der Waals surface area contributed by atoms with E-state index in [1.54, 1.807) is 0 Å². The van der Waals surface area contributed by atoms with E-state index in [0.29, 0.717) is 12.6 Å². The van der Waals surface area contributed by atoms with Gasteiger partial charge in [-0.3, -0.25) is 0 Å². The lowest BCUT2D eigenvalue weighted by atomic mass is 10.2. The third-order valence-corrected chi connectivity index (χ3v) is 3.88. The van der Waals surface area contributed by atoms with Gasteiger partial charge >= 0.3 is 0 Å². The molecule has 0 aliphatic rings. The Bertz CT molecular complexity index is 589. The topological polar surface area (TPSA) is 47.3 Å². The molecule has 4 nitrogen and oxygen atoms in total. The van der Waals surface area contributed by atoms with Crippen molar-refractivity contribution >= 4 is 15.9 Å². The Labute approximate surface area is 134 Å². The first-order valence-corrected chi connectivity index (χ1v) is 7.83. The number of nitrogens with one attached hydrogen (secondary N) is 1. The predicted molar refractivity (Wildman–Crippen MR) is 86.4 cm³/mol. The summed E-state index contributed by atoms with van der Waals surface area (Å²) in [6.45, 7) is 9.40. The molecule has 0 spiro atoms. The van der Waals surface area contributed by atoms with Gasteiger partial charge in [0.15, 0.2) is 0 Å². The number of rotatable bonds is 6. The van der Waals surface area contributed by atoms with Gasteiger partial charge in [-0.2, -0.15) is 0 Å². The van der Waals surface area contributed by atoms with Crippen LogP contribution in [0.1, 0.15) is 36.4 Å². The van der Waals surface area contributed by atoms with Crippen molar-refractivity contribution in [2.45, 2.75) is 46.9 Å². The molecule has 0 atom stereocenters. The fourth-order valence-electron chi connectivity index (χ4n) is 1.95. The van der Waals surface area contributed by atoms with Crippen LogP contribution < -0.4 is 10.1 Å². The van der Waals surface area contributed by atoms with Crippen molar-refractivity contribution in [3.8, 4) is 5.75 Å². The lowest BCUT2D eigenvalue weighted by Gasteiger charge is -2.11. The van der Waals surface area contributed by atoms with Gasteiger partial charge in [0, 0.05) is 12.6 Å². The zero-order chi connectivity index (χ0) is 15.4. The molecule has 21 heavy (non-hydrogen) atoms. The number of hydrogen-bond donors (Lipinski definition) is 1. The second-order valence-corrected chi connectivity index (χ2v) is 6.25. The van der Waals surface area contributed by atoms with E-state index in [0.717, 1.165) is 33.8 Å². The van der Waals surface area contributed by atoms with Gasteiger partial charge in [0.2, 0.25) is 0 Å². The van der Waals surface area contributed by atoms with Crippen LogP contribution in [0.25, 0.3) is 0 Å². The highest BCUT2D eigenvalue weighted by atomic mass is 79.9. The standard InChI is InChI=1S/C16H21BrN2O2/c1-10(2)18-8-13-5-6-16(15(17)7-13)20-9-14-11(3)19-21-12(14)4/h5-7,10,18H,8-9H2,1-4H3. The molecule has 0 amide bonds.